The third-order valence-corrected chi connectivity index (χ3v) is 2.87. The van der Waals surface area contributed by atoms with Crippen molar-refractivity contribution in [2.45, 2.75) is 38.8 Å². The molecule has 0 aromatic heterocycles. The molecule has 0 radical (unpaired) electrons. The fourth-order valence-electron chi connectivity index (χ4n) is 1.35. The normalized spacial score (nSPS) is 14.9. The maximum atomic E-state index is 11.5. The number of rotatable bonds is 8. The van der Waals surface area contributed by atoms with Crippen LogP contribution in [0.1, 0.15) is 26.7 Å². The van der Waals surface area contributed by atoms with E-state index in [0.29, 0.717) is 25.3 Å². The minimum atomic E-state index is -0.475. The molecule has 4 N–H and O–H groups in total. The summed E-state index contributed by atoms with van der Waals surface area (Å²) < 4.78 is 0. The van der Waals surface area contributed by atoms with Crippen molar-refractivity contribution in [2.75, 3.05) is 18.6 Å². The second kappa shape index (κ2) is 8.84. The number of hydrogen-bond donors (Lipinski definition) is 3. The van der Waals surface area contributed by atoms with Gasteiger partial charge >= 0.3 is 0 Å². The number of carbonyl (C=O) groups is 1. The Balaban J connectivity index is 3.70. The highest BCUT2D eigenvalue weighted by Crippen LogP contribution is 2.03. The van der Waals surface area contributed by atoms with E-state index in [9.17, 15) is 9.90 Å². The Labute approximate surface area is 102 Å². The molecule has 0 aromatic carbocycles. The Bertz CT molecular complexity index is 200. The van der Waals surface area contributed by atoms with E-state index in [1.165, 1.54) is 0 Å². The van der Waals surface area contributed by atoms with Crippen molar-refractivity contribution in [3.8, 4) is 0 Å². The Kier molecular flexibility index (Phi) is 8.70. The van der Waals surface area contributed by atoms with Gasteiger partial charge in [-0.3, -0.25) is 4.79 Å². The highest BCUT2D eigenvalue weighted by atomic mass is 32.2. The summed E-state index contributed by atoms with van der Waals surface area (Å²) in [5.41, 5.74) is 5.68. The van der Waals surface area contributed by atoms with Crippen molar-refractivity contribution < 1.29 is 9.90 Å². The molecule has 0 saturated heterocycles. The fourth-order valence-corrected chi connectivity index (χ4v) is 1.84. The summed E-state index contributed by atoms with van der Waals surface area (Å²) in [4.78, 5) is 11.5. The number of carbonyl (C=O) groups excluding carboxylic acids is 1. The molecule has 0 aliphatic heterocycles. The smallest absolute Gasteiger partial charge is 0.237 e. The standard InChI is InChI=1S/C11H24N2O2S/c1-8(2)6-9(14)7-13-11(15)10(12)4-5-16-3/h8-10,14H,4-7,12H2,1-3H3,(H,13,15)/t9?,10-/m0/s1. The summed E-state index contributed by atoms with van der Waals surface area (Å²) >= 11 is 1.67. The Morgan fingerprint density at radius 3 is 2.62 bits per heavy atom. The first-order chi connectivity index (χ1) is 7.47. The summed E-state index contributed by atoms with van der Waals surface area (Å²) in [5.74, 6) is 1.14. The Hall–Kier alpha value is -0.260. The lowest BCUT2D eigenvalue weighted by Gasteiger charge is -2.16. The number of thioether (sulfide) groups is 1. The quantitative estimate of drug-likeness (QED) is 0.588. The molecule has 0 aliphatic carbocycles. The second-order valence-corrected chi connectivity index (χ2v) is 5.40. The first-order valence-electron chi connectivity index (χ1n) is 5.67. The highest BCUT2D eigenvalue weighted by Gasteiger charge is 2.14. The van der Waals surface area contributed by atoms with E-state index in [4.69, 9.17) is 5.73 Å². The van der Waals surface area contributed by atoms with Gasteiger partial charge < -0.3 is 16.2 Å². The average molecular weight is 248 g/mol. The number of hydrogen-bond acceptors (Lipinski definition) is 4. The Morgan fingerprint density at radius 1 is 1.50 bits per heavy atom. The predicted octanol–water partition coefficient (Wildman–Crippen LogP) is 0.590. The van der Waals surface area contributed by atoms with Gasteiger partial charge in [0.1, 0.15) is 0 Å². The van der Waals surface area contributed by atoms with Gasteiger partial charge in [0.15, 0.2) is 0 Å². The van der Waals surface area contributed by atoms with Crippen LogP contribution in [0.2, 0.25) is 0 Å². The van der Waals surface area contributed by atoms with Crippen LogP contribution in [0.4, 0.5) is 0 Å². The van der Waals surface area contributed by atoms with Crippen LogP contribution < -0.4 is 11.1 Å². The number of amides is 1. The molecular weight excluding hydrogens is 224 g/mol. The van der Waals surface area contributed by atoms with E-state index in [1.54, 1.807) is 11.8 Å². The molecule has 16 heavy (non-hydrogen) atoms. The van der Waals surface area contributed by atoms with E-state index >= 15 is 0 Å². The van der Waals surface area contributed by atoms with Crippen molar-refractivity contribution >= 4 is 17.7 Å². The molecule has 2 atom stereocenters. The molecule has 0 bridgehead atoms. The van der Waals surface area contributed by atoms with Crippen molar-refractivity contribution in [1.29, 1.82) is 0 Å². The van der Waals surface area contributed by atoms with Gasteiger partial charge in [-0.25, -0.2) is 0 Å². The average Bonchev–Trinajstić information content (AvgIpc) is 2.21. The Morgan fingerprint density at radius 2 is 2.12 bits per heavy atom. The molecule has 1 unspecified atom stereocenters. The fraction of sp³-hybridized carbons (Fsp3) is 0.909. The number of aliphatic hydroxyl groups excluding tert-OH is 1. The molecule has 0 fully saturated rings. The van der Waals surface area contributed by atoms with Crippen molar-refractivity contribution in [1.82, 2.24) is 5.32 Å². The highest BCUT2D eigenvalue weighted by molar-refractivity contribution is 7.98. The molecule has 0 aliphatic rings. The summed E-state index contributed by atoms with van der Waals surface area (Å²) in [6.45, 7) is 4.37. The molecule has 0 aromatic rings. The molecule has 1 amide bonds. The van der Waals surface area contributed by atoms with Crippen LogP contribution in [0.25, 0.3) is 0 Å². The van der Waals surface area contributed by atoms with Crippen LogP contribution >= 0.6 is 11.8 Å². The number of nitrogens with two attached hydrogens (primary N) is 1. The zero-order chi connectivity index (χ0) is 12.6. The molecule has 96 valence electrons. The molecular formula is C11H24N2O2S. The van der Waals surface area contributed by atoms with Gasteiger partial charge in [0.25, 0.3) is 0 Å². The SMILES string of the molecule is CSCC[C@H](N)C(=O)NCC(O)CC(C)C. The zero-order valence-electron chi connectivity index (χ0n) is 10.4. The lowest BCUT2D eigenvalue weighted by molar-refractivity contribution is -0.122. The van der Waals surface area contributed by atoms with E-state index in [2.05, 4.69) is 5.32 Å². The van der Waals surface area contributed by atoms with E-state index in [-0.39, 0.29) is 5.91 Å². The second-order valence-electron chi connectivity index (χ2n) is 4.42. The minimum Gasteiger partial charge on any atom is -0.391 e. The summed E-state index contributed by atoms with van der Waals surface area (Å²) in [6.07, 6.45) is 2.88. The van der Waals surface area contributed by atoms with Crippen LogP contribution in [0.3, 0.4) is 0 Å². The van der Waals surface area contributed by atoms with Crippen molar-refractivity contribution in [2.24, 2.45) is 11.7 Å². The first kappa shape index (κ1) is 15.7. The molecule has 0 rings (SSSR count). The van der Waals surface area contributed by atoms with E-state index < -0.39 is 12.1 Å². The van der Waals surface area contributed by atoms with Gasteiger partial charge in [-0.2, -0.15) is 11.8 Å². The van der Waals surface area contributed by atoms with Crippen molar-refractivity contribution in [3.05, 3.63) is 0 Å². The van der Waals surface area contributed by atoms with Crippen LogP contribution in [0, 0.1) is 5.92 Å². The zero-order valence-corrected chi connectivity index (χ0v) is 11.2. The van der Waals surface area contributed by atoms with Gasteiger partial charge in [0.05, 0.1) is 12.1 Å². The van der Waals surface area contributed by atoms with Gasteiger partial charge in [-0.05, 0) is 30.8 Å². The van der Waals surface area contributed by atoms with Gasteiger partial charge in [-0.1, -0.05) is 13.8 Å². The van der Waals surface area contributed by atoms with Crippen LogP contribution in [-0.2, 0) is 4.79 Å². The summed E-state index contributed by atoms with van der Waals surface area (Å²) in [7, 11) is 0. The molecule has 0 spiro atoms. The van der Waals surface area contributed by atoms with E-state index in [1.807, 2.05) is 20.1 Å². The summed E-state index contributed by atoms with van der Waals surface area (Å²) in [6, 6.07) is -0.460. The number of nitrogens with one attached hydrogen (secondary N) is 1. The monoisotopic (exact) mass is 248 g/mol. The maximum Gasteiger partial charge on any atom is 0.237 e. The topological polar surface area (TPSA) is 75.4 Å². The first-order valence-corrected chi connectivity index (χ1v) is 7.07. The van der Waals surface area contributed by atoms with Gasteiger partial charge in [-0.15, -0.1) is 0 Å². The number of aliphatic hydroxyl groups is 1. The lowest BCUT2D eigenvalue weighted by atomic mass is 10.1. The lowest BCUT2D eigenvalue weighted by Crippen LogP contribution is -2.43. The van der Waals surface area contributed by atoms with Crippen LogP contribution in [0.15, 0.2) is 0 Å². The maximum absolute atomic E-state index is 11.5. The minimum absolute atomic E-state index is 0.170. The van der Waals surface area contributed by atoms with Gasteiger partial charge in [0, 0.05) is 6.54 Å². The van der Waals surface area contributed by atoms with Gasteiger partial charge in [0.2, 0.25) is 5.91 Å². The molecule has 0 saturated carbocycles. The predicted molar refractivity (Wildman–Crippen MR) is 69.4 cm³/mol. The third kappa shape index (κ3) is 7.96. The molecule has 0 heterocycles. The largest absolute Gasteiger partial charge is 0.391 e. The third-order valence-electron chi connectivity index (χ3n) is 2.23. The van der Waals surface area contributed by atoms with Crippen LogP contribution in [0.5, 0.6) is 0 Å². The summed E-state index contributed by atoms with van der Waals surface area (Å²) in [5, 5.41) is 12.2. The molecule has 4 nitrogen and oxygen atoms in total. The van der Waals surface area contributed by atoms with Crippen LogP contribution in [-0.4, -0.2) is 41.7 Å². The van der Waals surface area contributed by atoms with Crippen molar-refractivity contribution in [3.63, 3.8) is 0 Å². The molecule has 5 heteroatoms. The van der Waals surface area contributed by atoms with E-state index in [0.717, 1.165) is 5.75 Å².